The molecule has 1 aromatic carbocycles. The van der Waals surface area contributed by atoms with E-state index in [1.165, 1.54) is 18.4 Å². The van der Waals surface area contributed by atoms with E-state index in [2.05, 4.69) is 49.4 Å². The lowest BCUT2D eigenvalue weighted by atomic mass is 9.94. The molecule has 7 nitrogen and oxygen atoms in total. The predicted molar refractivity (Wildman–Crippen MR) is 120 cm³/mol. The third-order valence-electron chi connectivity index (χ3n) is 6.85. The van der Waals surface area contributed by atoms with Crippen LogP contribution < -0.4 is 4.90 Å². The number of anilines is 1. The largest absolute Gasteiger partial charge is 0.355 e. The first-order chi connectivity index (χ1) is 15.3. The number of hydrogen-bond donors (Lipinski definition) is 0. The van der Waals surface area contributed by atoms with Gasteiger partial charge in [0.25, 0.3) is 0 Å². The van der Waals surface area contributed by atoms with E-state index >= 15 is 0 Å². The lowest BCUT2D eigenvalue weighted by molar-refractivity contribution is -0.138. The summed E-state index contributed by atoms with van der Waals surface area (Å²) < 4.78 is 1.71. The number of carbonyl (C=O) groups excluding carboxylic acids is 1. The summed E-state index contributed by atoms with van der Waals surface area (Å²) in [4.78, 5) is 18.1. The van der Waals surface area contributed by atoms with Gasteiger partial charge in [0, 0.05) is 31.6 Å². The van der Waals surface area contributed by atoms with Crippen LogP contribution >= 0.6 is 0 Å². The quantitative estimate of drug-likeness (QED) is 0.614. The Bertz CT molecular complexity index is 1010. The maximum absolute atomic E-state index is 13.6. The summed E-state index contributed by atoms with van der Waals surface area (Å²) in [6, 6.07) is 14.9. The fourth-order valence-electron chi connectivity index (χ4n) is 5.06. The Morgan fingerprint density at radius 2 is 1.77 bits per heavy atom. The average molecular weight is 419 g/mol. The van der Waals surface area contributed by atoms with Gasteiger partial charge in [-0.1, -0.05) is 43.2 Å². The van der Waals surface area contributed by atoms with Gasteiger partial charge in [0.2, 0.25) is 5.91 Å². The minimum absolute atomic E-state index is 0.117. The second-order valence-electron chi connectivity index (χ2n) is 8.79. The van der Waals surface area contributed by atoms with E-state index in [1.807, 2.05) is 18.2 Å². The molecule has 2 fully saturated rings. The second-order valence-corrected chi connectivity index (χ2v) is 8.79. The number of fused-ring (bicyclic) bond motifs is 1. The van der Waals surface area contributed by atoms with Crippen LogP contribution in [0.5, 0.6) is 0 Å². The molecule has 3 heterocycles. The van der Waals surface area contributed by atoms with E-state index in [0.717, 1.165) is 63.2 Å². The van der Waals surface area contributed by atoms with Crippen LogP contribution in [0.2, 0.25) is 0 Å². The fraction of sp³-hybridized carbons (Fsp3) is 0.500. The Morgan fingerprint density at radius 3 is 2.55 bits per heavy atom. The molecule has 1 amide bonds. The lowest BCUT2D eigenvalue weighted by Gasteiger charge is -2.37. The molecule has 1 aliphatic heterocycles. The molecular weight excluding hydrogens is 388 g/mol. The first-order valence-electron chi connectivity index (χ1n) is 11.5. The Morgan fingerprint density at radius 1 is 1.00 bits per heavy atom. The minimum atomic E-state index is 0.117. The third-order valence-corrected chi connectivity index (χ3v) is 6.85. The number of rotatable bonds is 6. The van der Waals surface area contributed by atoms with Crippen LogP contribution in [-0.2, 0) is 11.2 Å². The van der Waals surface area contributed by atoms with Crippen LogP contribution in [0.1, 0.15) is 44.1 Å². The highest BCUT2D eigenvalue weighted by Crippen LogP contribution is 2.29. The third kappa shape index (κ3) is 4.40. The van der Waals surface area contributed by atoms with Crippen molar-refractivity contribution in [3.63, 3.8) is 0 Å². The van der Waals surface area contributed by atoms with E-state index in [1.54, 1.807) is 10.8 Å². The zero-order valence-corrected chi connectivity index (χ0v) is 17.9. The average Bonchev–Trinajstić information content (AvgIpc) is 3.52. The van der Waals surface area contributed by atoms with Crippen LogP contribution in [0.15, 0.2) is 48.8 Å². The lowest BCUT2D eigenvalue weighted by Crippen LogP contribution is -2.47. The zero-order valence-electron chi connectivity index (χ0n) is 17.9. The van der Waals surface area contributed by atoms with E-state index in [4.69, 9.17) is 0 Å². The SMILES string of the molecule is O=C(C1CCN(c2ccc3nncn3n2)CC1)N(CCc1ccccc1)C1CCCC1. The summed E-state index contributed by atoms with van der Waals surface area (Å²) in [5.74, 6) is 1.41. The van der Waals surface area contributed by atoms with E-state index in [-0.39, 0.29) is 5.92 Å². The molecule has 0 atom stereocenters. The van der Waals surface area contributed by atoms with Crippen molar-refractivity contribution in [2.24, 2.45) is 5.92 Å². The van der Waals surface area contributed by atoms with Crippen molar-refractivity contribution in [2.75, 3.05) is 24.5 Å². The van der Waals surface area contributed by atoms with Gasteiger partial charge in [-0.15, -0.1) is 15.3 Å². The van der Waals surface area contributed by atoms with Crippen LogP contribution in [0.4, 0.5) is 5.82 Å². The number of aromatic nitrogens is 4. The summed E-state index contributed by atoms with van der Waals surface area (Å²) in [6.07, 6.45) is 9.13. The number of benzene rings is 1. The van der Waals surface area contributed by atoms with E-state index < -0.39 is 0 Å². The normalized spacial score (nSPS) is 18.0. The molecular formula is C24H30N6O. The van der Waals surface area contributed by atoms with Gasteiger partial charge in [-0.3, -0.25) is 4.79 Å². The second kappa shape index (κ2) is 9.04. The highest BCUT2D eigenvalue weighted by Gasteiger charge is 2.33. The molecule has 1 saturated carbocycles. The molecule has 0 spiro atoms. The van der Waals surface area contributed by atoms with E-state index in [0.29, 0.717) is 11.9 Å². The highest BCUT2D eigenvalue weighted by atomic mass is 16.2. The molecule has 5 rings (SSSR count). The Labute approximate surface area is 183 Å². The Balaban J connectivity index is 1.23. The Hall–Kier alpha value is -2.96. The number of piperidine rings is 1. The Kier molecular flexibility index (Phi) is 5.82. The first kappa shape index (κ1) is 20.0. The summed E-state index contributed by atoms with van der Waals surface area (Å²) in [7, 11) is 0. The molecule has 2 aliphatic rings. The van der Waals surface area contributed by atoms with Crippen LogP contribution in [0.3, 0.4) is 0 Å². The van der Waals surface area contributed by atoms with Crippen LogP contribution in [-0.4, -0.2) is 56.3 Å². The summed E-state index contributed by atoms with van der Waals surface area (Å²) in [6.45, 7) is 2.54. The number of nitrogens with zero attached hydrogens (tertiary/aromatic N) is 6. The summed E-state index contributed by atoms with van der Waals surface area (Å²) >= 11 is 0. The number of amides is 1. The number of hydrogen-bond acceptors (Lipinski definition) is 5. The molecule has 0 bridgehead atoms. The molecule has 1 saturated heterocycles. The van der Waals surface area contributed by atoms with Crippen molar-refractivity contribution in [1.29, 1.82) is 0 Å². The van der Waals surface area contributed by atoms with Gasteiger partial charge >= 0.3 is 0 Å². The van der Waals surface area contributed by atoms with Gasteiger partial charge in [-0.25, -0.2) is 0 Å². The predicted octanol–water partition coefficient (Wildman–Crippen LogP) is 3.35. The molecule has 1 aliphatic carbocycles. The van der Waals surface area contributed by atoms with Crippen molar-refractivity contribution >= 4 is 17.4 Å². The standard InChI is InChI=1S/C24H30N6O/c31-24(29(21-8-4-5-9-21)17-12-19-6-2-1-3-7-19)20-13-15-28(16-14-20)23-11-10-22-26-25-18-30(22)27-23/h1-3,6-7,10-11,18,20-21H,4-5,8-9,12-17H2. The van der Waals surface area contributed by atoms with Gasteiger partial charge in [0.15, 0.2) is 5.65 Å². The van der Waals surface area contributed by atoms with Crippen molar-refractivity contribution < 1.29 is 4.79 Å². The van der Waals surface area contributed by atoms with Gasteiger partial charge in [-0.05, 0) is 49.8 Å². The van der Waals surface area contributed by atoms with Crippen molar-refractivity contribution in [2.45, 2.75) is 51.0 Å². The van der Waals surface area contributed by atoms with Gasteiger partial charge in [0.05, 0.1) is 0 Å². The molecule has 2 aromatic heterocycles. The molecule has 0 radical (unpaired) electrons. The van der Waals surface area contributed by atoms with Gasteiger partial charge in [-0.2, -0.15) is 4.52 Å². The molecule has 7 heteroatoms. The topological polar surface area (TPSA) is 66.6 Å². The maximum Gasteiger partial charge on any atom is 0.226 e. The summed E-state index contributed by atoms with van der Waals surface area (Å²) in [5, 5.41) is 12.5. The van der Waals surface area contributed by atoms with Crippen LogP contribution in [0.25, 0.3) is 5.65 Å². The molecule has 0 N–H and O–H groups in total. The van der Waals surface area contributed by atoms with Gasteiger partial charge < -0.3 is 9.80 Å². The van der Waals surface area contributed by atoms with Crippen LogP contribution in [0, 0.1) is 5.92 Å². The monoisotopic (exact) mass is 418 g/mol. The fourth-order valence-corrected chi connectivity index (χ4v) is 5.06. The summed E-state index contributed by atoms with van der Waals surface area (Å²) in [5.41, 5.74) is 2.06. The highest BCUT2D eigenvalue weighted by molar-refractivity contribution is 5.79. The van der Waals surface area contributed by atoms with Crippen molar-refractivity contribution in [3.8, 4) is 0 Å². The number of carbonyl (C=O) groups is 1. The van der Waals surface area contributed by atoms with Crippen molar-refractivity contribution in [1.82, 2.24) is 24.7 Å². The molecule has 3 aromatic rings. The molecule has 0 unspecified atom stereocenters. The van der Waals surface area contributed by atoms with E-state index in [9.17, 15) is 4.79 Å². The maximum atomic E-state index is 13.6. The smallest absolute Gasteiger partial charge is 0.226 e. The zero-order chi connectivity index (χ0) is 21.0. The molecule has 31 heavy (non-hydrogen) atoms. The van der Waals surface area contributed by atoms with Gasteiger partial charge in [0.1, 0.15) is 12.1 Å². The molecule has 162 valence electrons. The van der Waals surface area contributed by atoms with Crippen molar-refractivity contribution in [3.05, 3.63) is 54.4 Å². The minimum Gasteiger partial charge on any atom is -0.355 e. The first-order valence-corrected chi connectivity index (χ1v) is 11.5.